The fourth-order valence-electron chi connectivity index (χ4n) is 2.22. The van der Waals surface area contributed by atoms with Gasteiger partial charge >= 0.3 is 6.03 Å². The molecule has 1 aromatic heterocycles. The molecule has 1 aliphatic rings. The average Bonchev–Trinajstić information content (AvgIpc) is 3.23. The fraction of sp³-hybridized carbons (Fsp3) is 0.0667. The lowest BCUT2D eigenvalue weighted by Crippen LogP contribution is -2.24. The van der Waals surface area contributed by atoms with Crippen LogP contribution in [0.25, 0.3) is 11.0 Å². The summed E-state index contributed by atoms with van der Waals surface area (Å²) in [4.78, 5) is 11.9. The summed E-state index contributed by atoms with van der Waals surface area (Å²) < 4.78 is 18.8. The maximum absolute atomic E-state index is 11.9. The molecule has 2 aromatic carbocycles. The third-order valence-corrected chi connectivity index (χ3v) is 3.85. The number of nitrogens with one attached hydrogen (secondary N) is 2. The highest BCUT2D eigenvalue weighted by molar-refractivity contribution is 7.00. The molecule has 0 saturated carbocycles. The molecule has 0 fully saturated rings. The number of amides is 2. The molecule has 0 unspecified atom stereocenters. The number of hydrazone groups is 1. The van der Waals surface area contributed by atoms with Crippen molar-refractivity contribution in [2.24, 2.45) is 5.10 Å². The smallest absolute Gasteiger partial charge is 0.339 e. The average molecular weight is 341 g/mol. The quantitative estimate of drug-likeness (QED) is 0.564. The third-order valence-electron chi connectivity index (χ3n) is 3.31. The van der Waals surface area contributed by atoms with Gasteiger partial charge in [-0.15, -0.1) is 0 Å². The first-order valence-electron chi connectivity index (χ1n) is 7.00. The Balaban J connectivity index is 1.40. The van der Waals surface area contributed by atoms with E-state index in [2.05, 4.69) is 24.6 Å². The summed E-state index contributed by atoms with van der Waals surface area (Å²) in [5.41, 5.74) is 5.16. The lowest BCUT2D eigenvalue weighted by atomic mass is 10.2. The number of nitrogens with zero attached hydrogens (tertiary/aromatic N) is 3. The normalized spacial score (nSPS) is 12.7. The van der Waals surface area contributed by atoms with E-state index in [-0.39, 0.29) is 6.79 Å². The van der Waals surface area contributed by atoms with E-state index < -0.39 is 6.03 Å². The number of urea groups is 1. The van der Waals surface area contributed by atoms with Crippen LogP contribution in [0.1, 0.15) is 5.56 Å². The first-order valence-corrected chi connectivity index (χ1v) is 7.73. The summed E-state index contributed by atoms with van der Waals surface area (Å²) in [7, 11) is 0. The number of anilines is 1. The highest BCUT2D eigenvalue weighted by atomic mass is 32.1. The van der Waals surface area contributed by atoms with Gasteiger partial charge in [0.25, 0.3) is 0 Å². The van der Waals surface area contributed by atoms with Crippen molar-refractivity contribution in [1.82, 2.24) is 14.2 Å². The summed E-state index contributed by atoms with van der Waals surface area (Å²) >= 11 is 1.10. The van der Waals surface area contributed by atoms with Gasteiger partial charge in [0.2, 0.25) is 6.79 Å². The van der Waals surface area contributed by atoms with Crippen molar-refractivity contribution >= 4 is 40.7 Å². The van der Waals surface area contributed by atoms with Gasteiger partial charge < -0.3 is 14.8 Å². The number of ether oxygens (including phenoxy) is 2. The number of fused-ring (bicyclic) bond motifs is 2. The Bertz CT molecular complexity index is 940. The number of aromatic nitrogens is 2. The van der Waals surface area contributed by atoms with E-state index in [9.17, 15) is 4.79 Å². The van der Waals surface area contributed by atoms with Crippen molar-refractivity contribution in [3.8, 4) is 11.5 Å². The Hall–Kier alpha value is -3.20. The van der Waals surface area contributed by atoms with Crippen molar-refractivity contribution in [3.63, 3.8) is 0 Å². The highest BCUT2D eigenvalue weighted by Crippen LogP contribution is 2.31. The predicted molar refractivity (Wildman–Crippen MR) is 89.7 cm³/mol. The van der Waals surface area contributed by atoms with Crippen molar-refractivity contribution in [2.75, 3.05) is 12.1 Å². The van der Waals surface area contributed by atoms with Crippen LogP contribution in [0.4, 0.5) is 10.5 Å². The van der Waals surface area contributed by atoms with Crippen molar-refractivity contribution in [1.29, 1.82) is 0 Å². The van der Waals surface area contributed by atoms with Gasteiger partial charge in [0.15, 0.2) is 11.5 Å². The first-order chi connectivity index (χ1) is 11.8. The van der Waals surface area contributed by atoms with Gasteiger partial charge in [-0.2, -0.15) is 13.8 Å². The minimum atomic E-state index is -0.465. The minimum absolute atomic E-state index is 0.216. The molecule has 9 heteroatoms. The molecule has 0 radical (unpaired) electrons. The number of carbonyl (C=O) groups excluding carboxylic acids is 1. The summed E-state index contributed by atoms with van der Waals surface area (Å²) in [6, 6.07) is 10.3. The maximum atomic E-state index is 11.9. The number of carbonyl (C=O) groups is 1. The second-order valence-corrected chi connectivity index (χ2v) is 5.40. The number of hydrogen-bond donors (Lipinski definition) is 2. The number of hydrogen-bond acceptors (Lipinski definition) is 7. The maximum Gasteiger partial charge on any atom is 0.339 e. The van der Waals surface area contributed by atoms with Gasteiger partial charge in [-0.1, -0.05) is 6.07 Å². The zero-order valence-electron chi connectivity index (χ0n) is 12.2. The summed E-state index contributed by atoms with van der Waals surface area (Å²) in [5, 5.41) is 6.61. The lowest BCUT2D eigenvalue weighted by molar-refractivity contribution is 0.174. The molecule has 8 nitrogen and oxygen atoms in total. The molecule has 120 valence electrons. The van der Waals surface area contributed by atoms with Crippen molar-refractivity contribution in [2.45, 2.75) is 0 Å². The zero-order chi connectivity index (χ0) is 16.4. The Morgan fingerprint density at radius 3 is 3.08 bits per heavy atom. The summed E-state index contributed by atoms with van der Waals surface area (Å²) in [5.74, 6) is 1.36. The van der Waals surface area contributed by atoms with Gasteiger partial charge in [0, 0.05) is 0 Å². The summed E-state index contributed by atoms with van der Waals surface area (Å²) in [6.45, 7) is 0.216. The molecule has 0 bridgehead atoms. The Kier molecular flexibility index (Phi) is 3.67. The molecule has 0 atom stereocenters. The molecular weight excluding hydrogens is 330 g/mol. The second-order valence-electron chi connectivity index (χ2n) is 4.87. The van der Waals surface area contributed by atoms with Gasteiger partial charge in [0.05, 0.1) is 23.6 Å². The van der Waals surface area contributed by atoms with E-state index in [1.165, 1.54) is 6.21 Å². The molecule has 2 heterocycles. The summed E-state index contributed by atoms with van der Waals surface area (Å²) in [6.07, 6.45) is 1.52. The molecule has 0 saturated heterocycles. The molecule has 2 N–H and O–H groups in total. The standard InChI is InChI=1S/C15H11N5O3S/c21-15(17-10-2-1-3-11-14(10)20-24-19-11)18-16-7-9-4-5-12-13(6-9)23-8-22-12/h1-7H,8H2,(H2,17,18,21)/b16-7+. The Labute approximate surface area is 140 Å². The van der Waals surface area contributed by atoms with Gasteiger partial charge in [0.1, 0.15) is 11.0 Å². The molecular formula is C15H11N5O3S. The van der Waals surface area contributed by atoms with Gasteiger partial charge in [-0.25, -0.2) is 10.2 Å². The van der Waals surface area contributed by atoms with Crippen LogP contribution in [0, 0.1) is 0 Å². The SMILES string of the molecule is O=C(N/N=C/c1ccc2c(c1)OCO2)Nc1cccc2nsnc12. The molecule has 24 heavy (non-hydrogen) atoms. The van der Waals surface area contributed by atoms with E-state index >= 15 is 0 Å². The number of benzene rings is 2. The van der Waals surface area contributed by atoms with Crippen molar-refractivity contribution in [3.05, 3.63) is 42.0 Å². The van der Waals surface area contributed by atoms with Crippen LogP contribution < -0.4 is 20.2 Å². The van der Waals surface area contributed by atoms with Gasteiger partial charge in [-0.05, 0) is 35.9 Å². The monoisotopic (exact) mass is 341 g/mol. The van der Waals surface area contributed by atoms with E-state index in [1.807, 2.05) is 12.1 Å². The largest absolute Gasteiger partial charge is 0.454 e. The minimum Gasteiger partial charge on any atom is -0.454 e. The molecule has 0 spiro atoms. The third kappa shape index (κ3) is 2.84. The van der Waals surface area contributed by atoms with Crippen LogP contribution in [0.5, 0.6) is 11.5 Å². The molecule has 2 amide bonds. The van der Waals surface area contributed by atoms with Crippen LogP contribution in [-0.2, 0) is 0 Å². The van der Waals surface area contributed by atoms with Crippen LogP contribution in [0.2, 0.25) is 0 Å². The molecule has 3 aromatic rings. The van der Waals surface area contributed by atoms with Crippen LogP contribution in [0.3, 0.4) is 0 Å². The second kappa shape index (κ2) is 6.13. The van der Waals surface area contributed by atoms with E-state index in [4.69, 9.17) is 9.47 Å². The van der Waals surface area contributed by atoms with Gasteiger partial charge in [-0.3, -0.25) is 0 Å². The van der Waals surface area contributed by atoms with Crippen LogP contribution in [-0.4, -0.2) is 27.8 Å². The van der Waals surface area contributed by atoms with E-state index in [0.29, 0.717) is 22.7 Å². The Morgan fingerprint density at radius 2 is 2.12 bits per heavy atom. The van der Waals surface area contributed by atoms with Crippen LogP contribution >= 0.6 is 11.7 Å². The van der Waals surface area contributed by atoms with E-state index in [0.717, 1.165) is 22.8 Å². The lowest BCUT2D eigenvalue weighted by Gasteiger charge is -2.04. The first kappa shape index (κ1) is 14.4. The molecule has 0 aliphatic carbocycles. The topological polar surface area (TPSA) is 97.7 Å². The van der Waals surface area contributed by atoms with Crippen molar-refractivity contribution < 1.29 is 14.3 Å². The van der Waals surface area contributed by atoms with Crippen LogP contribution in [0.15, 0.2) is 41.5 Å². The van der Waals surface area contributed by atoms with E-state index in [1.54, 1.807) is 24.3 Å². The molecule has 4 rings (SSSR count). The predicted octanol–water partition coefficient (Wildman–Crippen LogP) is 2.58. The fourth-order valence-corrected chi connectivity index (χ4v) is 2.77. The number of rotatable bonds is 3. The zero-order valence-corrected chi connectivity index (χ0v) is 13.0. The highest BCUT2D eigenvalue weighted by Gasteiger charge is 2.12. The Morgan fingerprint density at radius 1 is 1.21 bits per heavy atom. The molecule has 1 aliphatic heterocycles.